The average molecular weight is 547 g/mol. The number of hydrogen-bond acceptors (Lipinski definition) is 4. The molecule has 0 heterocycles. The summed E-state index contributed by atoms with van der Waals surface area (Å²) in [6, 6.07) is 25.4. The maximum atomic E-state index is 13.0. The Morgan fingerprint density at radius 3 is 2.00 bits per heavy atom. The van der Waals surface area contributed by atoms with Crippen LogP contribution >= 0.6 is 0 Å². The molecule has 204 valence electrons. The highest BCUT2D eigenvalue weighted by Crippen LogP contribution is 2.32. The maximum absolute atomic E-state index is 13.0. The van der Waals surface area contributed by atoms with Gasteiger partial charge in [0.1, 0.15) is 17.2 Å². The first-order valence-electron chi connectivity index (χ1n) is 11.7. The van der Waals surface area contributed by atoms with E-state index in [0.717, 1.165) is 12.1 Å². The third-order valence-electron chi connectivity index (χ3n) is 5.68. The monoisotopic (exact) mass is 547 g/mol. The van der Waals surface area contributed by atoms with Crippen LogP contribution in [0.2, 0.25) is 0 Å². The number of anilines is 1. The number of alkyl halides is 6. The molecule has 1 unspecified atom stereocenters. The van der Waals surface area contributed by atoms with Gasteiger partial charge in [-0.3, -0.25) is 0 Å². The minimum absolute atomic E-state index is 0.0571. The Kier molecular flexibility index (Phi) is 8.35. The van der Waals surface area contributed by atoms with Gasteiger partial charge in [-0.25, -0.2) is 0 Å². The molecule has 0 saturated heterocycles. The van der Waals surface area contributed by atoms with Gasteiger partial charge in [0, 0.05) is 24.8 Å². The Labute approximate surface area is 220 Å². The minimum atomic E-state index is -4.86. The molecular formula is C29H23F6NO3. The molecule has 4 rings (SSSR count). The summed E-state index contributed by atoms with van der Waals surface area (Å²) in [6.07, 6.45) is -10.6. The predicted molar refractivity (Wildman–Crippen MR) is 134 cm³/mol. The standard InChI is InChI=1S/C29H23F6NO3/c30-28(31,32)22-14-12-21(13-15-22)27(37)19-36(18-20-6-4-11-26(16-20)39-29(33,34)35)23-7-5-10-25(17-23)38-24-8-2-1-3-9-24/h1-17,27,37H,18-19H2. The van der Waals surface area contributed by atoms with Crippen molar-refractivity contribution in [1.29, 1.82) is 0 Å². The number of halogens is 6. The molecule has 0 fully saturated rings. The van der Waals surface area contributed by atoms with Crippen LogP contribution in [0.15, 0.2) is 103 Å². The molecule has 0 spiro atoms. The van der Waals surface area contributed by atoms with E-state index in [1.807, 2.05) is 18.2 Å². The first kappa shape index (κ1) is 27.8. The summed E-state index contributed by atoms with van der Waals surface area (Å²) < 4.78 is 87.0. The molecule has 0 aliphatic heterocycles. The number of rotatable bonds is 9. The lowest BCUT2D eigenvalue weighted by molar-refractivity contribution is -0.274. The molecule has 1 N–H and O–H groups in total. The van der Waals surface area contributed by atoms with E-state index in [2.05, 4.69) is 4.74 Å². The summed E-state index contributed by atoms with van der Waals surface area (Å²) in [5.41, 5.74) is 0.420. The van der Waals surface area contributed by atoms with Crippen molar-refractivity contribution >= 4 is 5.69 Å². The van der Waals surface area contributed by atoms with E-state index in [1.54, 1.807) is 47.4 Å². The lowest BCUT2D eigenvalue weighted by Crippen LogP contribution is -2.28. The Morgan fingerprint density at radius 1 is 0.692 bits per heavy atom. The zero-order chi connectivity index (χ0) is 28.0. The molecule has 0 amide bonds. The molecule has 0 aliphatic rings. The fourth-order valence-electron chi connectivity index (χ4n) is 3.90. The molecule has 0 radical (unpaired) electrons. The number of benzene rings is 4. The molecule has 4 aromatic rings. The first-order chi connectivity index (χ1) is 18.5. The van der Waals surface area contributed by atoms with E-state index in [9.17, 15) is 31.4 Å². The van der Waals surface area contributed by atoms with Crippen LogP contribution in [0.4, 0.5) is 32.0 Å². The molecular weight excluding hydrogens is 524 g/mol. The van der Waals surface area contributed by atoms with Crippen molar-refractivity contribution in [2.24, 2.45) is 0 Å². The van der Waals surface area contributed by atoms with Crippen molar-refractivity contribution in [2.75, 3.05) is 11.4 Å². The second-order valence-corrected chi connectivity index (χ2v) is 8.62. The van der Waals surface area contributed by atoms with Crippen molar-refractivity contribution in [3.63, 3.8) is 0 Å². The summed E-state index contributed by atoms with van der Waals surface area (Å²) in [6.45, 7) is -0.0218. The van der Waals surface area contributed by atoms with Crippen molar-refractivity contribution < 1.29 is 40.9 Å². The van der Waals surface area contributed by atoms with E-state index in [4.69, 9.17) is 4.74 Å². The second-order valence-electron chi connectivity index (χ2n) is 8.62. The summed E-state index contributed by atoms with van der Waals surface area (Å²) >= 11 is 0. The molecule has 0 saturated carbocycles. The highest BCUT2D eigenvalue weighted by molar-refractivity contribution is 5.52. The third-order valence-corrected chi connectivity index (χ3v) is 5.68. The normalized spacial score (nSPS) is 12.6. The van der Waals surface area contributed by atoms with Crippen molar-refractivity contribution in [1.82, 2.24) is 0 Å². The van der Waals surface area contributed by atoms with Gasteiger partial charge in [-0.05, 0) is 59.7 Å². The van der Waals surface area contributed by atoms with Gasteiger partial charge in [-0.1, -0.05) is 48.5 Å². The van der Waals surface area contributed by atoms with E-state index in [0.29, 0.717) is 22.7 Å². The zero-order valence-corrected chi connectivity index (χ0v) is 20.3. The Bertz CT molecular complexity index is 1360. The number of ether oxygens (including phenoxy) is 2. The first-order valence-corrected chi connectivity index (χ1v) is 11.7. The Morgan fingerprint density at radius 2 is 1.33 bits per heavy atom. The average Bonchev–Trinajstić information content (AvgIpc) is 2.88. The van der Waals surface area contributed by atoms with Crippen LogP contribution in [-0.4, -0.2) is 18.0 Å². The molecule has 39 heavy (non-hydrogen) atoms. The third kappa shape index (κ3) is 8.15. The van der Waals surface area contributed by atoms with Gasteiger partial charge in [0.25, 0.3) is 0 Å². The molecule has 0 aromatic heterocycles. The lowest BCUT2D eigenvalue weighted by Gasteiger charge is -2.28. The fraction of sp³-hybridized carbons (Fsp3) is 0.172. The SMILES string of the molecule is OC(CN(Cc1cccc(OC(F)(F)F)c1)c1cccc(Oc2ccccc2)c1)c1ccc(C(F)(F)F)cc1. The molecule has 1 atom stereocenters. The van der Waals surface area contributed by atoms with Gasteiger partial charge in [0.2, 0.25) is 0 Å². The Hall–Kier alpha value is -4.18. The van der Waals surface area contributed by atoms with Crippen molar-refractivity contribution in [2.45, 2.75) is 25.2 Å². The summed E-state index contributed by atoms with van der Waals surface area (Å²) in [5, 5.41) is 10.9. The minimum Gasteiger partial charge on any atom is -0.457 e. The van der Waals surface area contributed by atoms with E-state index < -0.39 is 30.0 Å². The largest absolute Gasteiger partial charge is 0.573 e. The zero-order valence-electron chi connectivity index (χ0n) is 20.3. The number of aliphatic hydroxyl groups is 1. The summed E-state index contributed by atoms with van der Waals surface area (Å²) in [7, 11) is 0. The Balaban J connectivity index is 1.61. The highest BCUT2D eigenvalue weighted by atomic mass is 19.4. The summed E-state index contributed by atoms with van der Waals surface area (Å²) in [5.74, 6) is 0.661. The topological polar surface area (TPSA) is 41.9 Å². The quantitative estimate of drug-likeness (QED) is 0.215. The van der Waals surface area contributed by atoms with Gasteiger partial charge in [0.15, 0.2) is 0 Å². The van der Waals surface area contributed by atoms with E-state index >= 15 is 0 Å². The van der Waals surface area contributed by atoms with E-state index in [1.165, 1.54) is 30.3 Å². The van der Waals surface area contributed by atoms with Crippen LogP contribution in [0.25, 0.3) is 0 Å². The van der Waals surface area contributed by atoms with Crippen LogP contribution < -0.4 is 14.4 Å². The number of para-hydroxylation sites is 1. The van der Waals surface area contributed by atoms with Crippen LogP contribution in [0, 0.1) is 0 Å². The predicted octanol–water partition coefficient (Wildman–Crippen LogP) is 8.14. The highest BCUT2D eigenvalue weighted by Gasteiger charge is 2.31. The van der Waals surface area contributed by atoms with Gasteiger partial charge < -0.3 is 19.5 Å². The molecule has 4 aromatic carbocycles. The van der Waals surface area contributed by atoms with Crippen molar-refractivity contribution in [3.8, 4) is 17.2 Å². The summed E-state index contributed by atoms with van der Waals surface area (Å²) in [4.78, 5) is 1.69. The van der Waals surface area contributed by atoms with Crippen LogP contribution in [-0.2, 0) is 12.7 Å². The molecule has 4 nitrogen and oxygen atoms in total. The van der Waals surface area contributed by atoms with Gasteiger partial charge in [-0.2, -0.15) is 13.2 Å². The van der Waals surface area contributed by atoms with Crippen LogP contribution in [0.3, 0.4) is 0 Å². The molecule has 10 heteroatoms. The number of nitrogens with zero attached hydrogens (tertiary/aromatic N) is 1. The van der Waals surface area contributed by atoms with Gasteiger partial charge >= 0.3 is 12.5 Å². The number of aliphatic hydroxyl groups excluding tert-OH is 1. The smallest absolute Gasteiger partial charge is 0.457 e. The van der Waals surface area contributed by atoms with Crippen molar-refractivity contribution in [3.05, 3.63) is 120 Å². The van der Waals surface area contributed by atoms with E-state index in [-0.39, 0.29) is 18.7 Å². The molecule has 0 aliphatic carbocycles. The van der Waals surface area contributed by atoms with Gasteiger partial charge in [-0.15, -0.1) is 13.2 Å². The van der Waals surface area contributed by atoms with Crippen LogP contribution in [0.5, 0.6) is 17.2 Å². The van der Waals surface area contributed by atoms with Gasteiger partial charge in [0.05, 0.1) is 11.7 Å². The number of hydrogen-bond donors (Lipinski definition) is 1. The molecule has 0 bridgehead atoms. The lowest BCUT2D eigenvalue weighted by atomic mass is 10.1. The maximum Gasteiger partial charge on any atom is 0.573 e. The fourth-order valence-corrected chi connectivity index (χ4v) is 3.90. The van der Waals surface area contributed by atoms with Crippen LogP contribution in [0.1, 0.15) is 22.8 Å². The second kappa shape index (κ2) is 11.7.